The quantitative estimate of drug-likeness (QED) is 0.694. The van der Waals surface area contributed by atoms with Crippen LogP contribution in [0.2, 0.25) is 0 Å². The molecule has 1 saturated heterocycles. The van der Waals surface area contributed by atoms with Gasteiger partial charge in [0.2, 0.25) is 0 Å². The molecule has 94 valence electrons. The first-order valence-electron chi connectivity index (χ1n) is 6.42. The van der Waals surface area contributed by atoms with Crippen LogP contribution in [0, 0.1) is 11.8 Å². The van der Waals surface area contributed by atoms with E-state index in [1.54, 1.807) is 0 Å². The fraction of sp³-hybridized carbons (Fsp3) is 0.923. The molecule has 0 bridgehead atoms. The zero-order chi connectivity index (χ0) is 12.0. The summed E-state index contributed by atoms with van der Waals surface area (Å²) in [6.45, 7) is 7.43. The fourth-order valence-corrected chi connectivity index (χ4v) is 2.11. The highest BCUT2D eigenvalue weighted by Crippen LogP contribution is 2.14. The third-order valence-corrected chi connectivity index (χ3v) is 3.41. The van der Waals surface area contributed by atoms with E-state index in [1.165, 1.54) is 6.42 Å². The Kier molecular flexibility index (Phi) is 5.99. The van der Waals surface area contributed by atoms with E-state index in [9.17, 15) is 4.79 Å². The second-order valence-electron chi connectivity index (χ2n) is 5.06. The molecule has 0 aromatic rings. The molecule has 0 amide bonds. The van der Waals surface area contributed by atoms with Crippen LogP contribution in [-0.4, -0.2) is 44.0 Å². The zero-order valence-corrected chi connectivity index (χ0v) is 10.9. The molecule has 0 saturated carbocycles. The number of hydrogen-bond donors (Lipinski definition) is 0. The largest absolute Gasteiger partial charge is 0.381 e. The maximum atomic E-state index is 11.8. The predicted octanol–water partition coefficient (Wildman–Crippen LogP) is 1.96. The number of rotatable bonds is 6. The summed E-state index contributed by atoms with van der Waals surface area (Å²) in [6, 6.07) is 0. The number of Topliss-reactive ketones (excluding diaryl/α,β-unsaturated/α-hetero) is 1. The maximum Gasteiger partial charge on any atom is 0.149 e. The molecule has 16 heavy (non-hydrogen) atoms. The van der Waals surface area contributed by atoms with Gasteiger partial charge in [-0.3, -0.25) is 9.69 Å². The van der Waals surface area contributed by atoms with E-state index in [0.29, 0.717) is 18.2 Å². The van der Waals surface area contributed by atoms with Crippen LogP contribution in [0.25, 0.3) is 0 Å². The van der Waals surface area contributed by atoms with Crippen LogP contribution >= 0.6 is 0 Å². The Morgan fingerprint density at radius 3 is 2.88 bits per heavy atom. The predicted molar refractivity (Wildman–Crippen MR) is 65.5 cm³/mol. The molecule has 0 spiro atoms. The molecule has 1 aliphatic rings. The van der Waals surface area contributed by atoms with Crippen molar-refractivity contribution in [3.05, 3.63) is 0 Å². The average molecular weight is 227 g/mol. The van der Waals surface area contributed by atoms with Crippen molar-refractivity contribution in [1.29, 1.82) is 0 Å². The number of hydrogen-bond acceptors (Lipinski definition) is 3. The normalized spacial score (nSPS) is 23.4. The van der Waals surface area contributed by atoms with Crippen LogP contribution in [0.15, 0.2) is 0 Å². The van der Waals surface area contributed by atoms with Crippen LogP contribution in [0.4, 0.5) is 0 Å². The lowest BCUT2D eigenvalue weighted by atomic mass is 10.0. The molecule has 0 aromatic heterocycles. The molecule has 0 aliphatic carbocycles. The van der Waals surface area contributed by atoms with Gasteiger partial charge in [-0.15, -0.1) is 0 Å². The summed E-state index contributed by atoms with van der Waals surface area (Å²) in [5.41, 5.74) is 0. The first-order chi connectivity index (χ1) is 7.63. The molecule has 0 N–H and O–H groups in total. The monoisotopic (exact) mass is 227 g/mol. The number of ether oxygens (including phenoxy) is 1. The second-order valence-corrected chi connectivity index (χ2v) is 5.06. The van der Waals surface area contributed by atoms with E-state index < -0.39 is 0 Å². The third kappa shape index (κ3) is 4.62. The minimum Gasteiger partial charge on any atom is -0.381 e. The van der Waals surface area contributed by atoms with E-state index in [1.807, 2.05) is 14.0 Å². The number of likely N-dealkylation sites (N-methyl/N-ethyl adjacent to an activating group) is 1. The number of nitrogens with zero attached hydrogens (tertiary/aromatic N) is 1. The first kappa shape index (κ1) is 13.7. The highest BCUT2D eigenvalue weighted by atomic mass is 16.5. The smallest absolute Gasteiger partial charge is 0.149 e. The SMILES string of the molecule is CCC(C)C(=O)CN(C)CC1CCCOC1. The molecule has 0 radical (unpaired) electrons. The Balaban J connectivity index is 2.23. The molecule has 2 unspecified atom stereocenters. The summed E-state index contributed by atoms with van der Waals surface area (Å²) < 4.78 is 5.44. The van der Waals surface area contributed by atoms with Crippen LogP contribution in [0.5, 0.6) is 0 Å². The molecule has 1 heterocycles. The average Bonchev–Trinajstić information content (AvgIpc) is 2.29. The van der Waals surface area contributed by atoms with Gasteiger partial charge in [0.05, 0.1) is 13.2 Å². The van der Waals surface area contributed by atoms with E-state index in [-0.39, 0.29) is 5.92 Å². The van der Waals surface area contributed by atoms with Crippen molar-refractivity contribution in [2.45, 2.75) is 33.1 Å². The standard InChI is InChI=1S/C13H25NO2/c1-4-11(2)13(15)9-14(3)8-12-6-5-7-16-10-12/h11-12H,4-10H2,1-3H3. The Labute approximate surface area is 99.1 Å². The molecule has 0 aromatic carbocycles. The van der Waals surface area contributed by atoms with Gasteiger partial charge in [-0.05, 0) is 32.2 Å². The van der Waals surface area contributed by atoms with Crippen molar-refractivity contribution >= 4 is 5.78 Å². The van der Waals surface area contributed by atoms with E-state index in [0.717, 1.165) is 32.6 Å². The van der Waals surface area contributed by atoms with Gasteiger partial charge in [-0.25, -0.2) is 0 Å². The molecular weight excluding hydrogens is 202 g/mol. The lowest BCUT2D eigenvalue weighted by Gasteiger charge is -2.27. The van der Waals surface area contributed by atoms with Crippen molar-refractivity contribution < 1.29 is 9.53 Å². The van der Waals surface area contributed by atoms with Gasteiger partial charge in [0, 0.05) is 19.1 Å². The molecule has 3 heteroatoms. The summed E-state index contributed by atoms with van der Waals surface area (Å²) >= 11 is 0. The first-order valence-corrected chi connectivity index (χ1v) is 6.42. The van der Waals surface area contributed by atoms with Crippen molar-refractivity contribution in [3.63, 3.8) is 0 Å². The van der Waals surface area contributed by atoms with Gasteiger partial charge in [0.15, 0.2) is 0 Å². The van der Waals surface area contributed by atoms with Crippen LogP contribution in [-0.2, 0) is 9.53 Å². The Bertz CT molecular complexity index is 212. The molecule has 1 rings (SSSR count). The van der Waals surface area contributed by atoms with Crippen molar-refractivity contribution in [1.82, 2.24) is 4.90 Å². The summed E-state index contributed by atoms with van der Waals surface area (Å²) in [7, 11) is 2.04. The van der Waals surface area contributed by atoms with Crippen LogP contribution in [0.1, 0.15) is 33.1 Å². The number of carbonyl (C=O) groups excluding carboxylic acids is 1. The van der Waals surface area contributed by atoms with Crippen molar-refractivity contribution in [3.8, 4) is 0 Å². The van der Waals surface area contributed by atoms with Gasteiger partial charge in [0.1, 0.15) is 5.78 Å². The number of ketones is 1. The minimum atomic E-state index is 0.199. The van der Waals surface area contributed by atoms with E-state index in [2.05, 4.69) is 11.8 Å². The summed E-state index contributed by atoms with van der Waals surface area (Å²) in [5.74, 6) is 1.18. The summed E-state index contributed by atoms with van der Waals surface area (Å²) in [6.07, 6.45) is 3.35. The highest BCUT2D eigenvalue weighted by Gasteiger charge is 2.18. The lowest BCUT2D eigenvalue weighted by molar-refractivity contribution is -0.123. The van der Waals surface area contributed by atoms with Crippen LogP contribution < -0.4 is 0 Å². The molecule has 1 fully saturated rings. The zero-order valence-electron chi connectivity index (χ0n) is 10.9. The van der Waals surface area contributed by atoms with E-state index in [4.69, 9.17) is 4.74 Å². The fourth-order valence-electron chi connectivity index (χ4n) is 2.11. The van der Waals surface area contributed by atoms with Gasteiger partial charge in [-0.1, -0.05) is 13.8 Å². The van der Waals surface area contributed by atoms with Gasteiger partial charge < -0.3 is 4.74 Å². The Hall–Kier alpha value is -0.410. The van der Waals surface area contributed by atoms with Crippen LogP contribution in [0.3, 0.4) is 0 Å². The third-order valence-electron chi connectivity index (χ3n) is 3.41. The number of carbonyl (C=O) groups is 1. The maximum absolute atomic E-state index is 11.8. The van der Waals surface area contributed by atoms with Gasteiger partial charge in [-0.2, -0.15) is 0 Å². The van der Waals surface area contributed by atoms with Crippen molar-refractivity contribution in [2.24, 2.45) is 11.8 Å². The van der Waals surface area contributed by atoms with Gasteiger partial charge >= 0.3 is 0 Å². The Morgan fingerprint density at radius 1 is 1.56 bits per heavy atom. The molecule has 2 atom stereocenters. The summed E-state index contributed by atoms with van der Waals surface area (Å²) in [4.78, 5) is 13.9. The summed E-state index contributed by atoms with van der Waals surface area (Å²) in [5, 5.41) is 0. The molecule has 3 nitrogen and oxygen atoms in total. The Morgan fingerprint density at radius 2 is 2.31 bits per heavy atom. The lowest BCUT2D eigenvalue weighted by Crippen LogP contribution is -2.35. The molecular formula is C13H25NO2. The molecule has 1 aliphatic heterocycles. The second kappa shape index (κ2) is 7.02. The van der Waals surface area contributed by atoms with Crippen molar-refractivity contribution in [2.75, 3.05) is 33.4 Å². The highest BCUT2D eigenvalue weighted by molar-refractivity contribution is 5.82. The van der Waals surface area contributed by atoms with E-state index >= 15 is 0 Å². The topological polar surface area (TPSA) is 29.5 Å². The van der Waals surface area contributed by atoms with Gasteiger partial charge in [0.25, 0.3) is 0 Å². The minimum absolute atomic E-state index is 0.199.